The van der Waals surface area contributed by atoms with Crippen LogP contribution in [0.2, 0.25) is 0 Å². The van der Waals surface area contributed by atoms with E-state index in [0.29, 0.717) is 0 Å². The maximum atomic E-state index is 2.26. The molecular formula is C7H13S. The summed E-state index contributed by atoms with van der Waals surface area (Å²) in [5.41, 5.74) is 0. The minimum absolute atomic E-state index is 0.810. The van der Waals surface area contributed by atoms with Crippen molar-refractivity contribution in [1.82, 2.24) is 0 Å². The second-order valence-corrected chi connectivity index (χ2v) is 4.31. The summed E-state index contributed by atoms with van der Waals surface area (Å²) < 4.78 is 0. The van der Waals surface area contributed by atoms with Crippen LogP contribution in [0.5, 0.6) is 0 Å². The van der Waals surface area contributed by atoms with Crippen LogP contribution in [0, 0.1) is 5.25 Å². The molecule has 1 heteroatoms. The Morgan fingerprint density at radius 2 is 2.00 bits per heavy atom. The van der Waals surface area contributed by atoms with Crippen LogP contribution >= 0.6 is 11.8 Å². The van der Waals surface area contributed by atoms with Crippen molar-refractivity contribution in [3.8, 4) is 0 Å². The van der Waals surface area contributed by atoms with E-state index in [9.17, 15) is 0 Å². The fourth-order valence-corrected chi connectivity index (χ4v) is 1.96. The lowest BCUT2D eigenvalue weighted by Crippen LogP contribution is -2.06. The minimum atomic E-state index is 0.810. The van der Waals surface area contributed by atoms with E-state index in [0.717, 1.165) is 5.25 Å². The van der Waals surface area contributed by atoms with E-state index in [1.165, 1.54) is 19.3 Å². The predicted molar refractivity (Wildman–Crippen MR) is 39.8 cm³/mol. The summed E-state index contributed by atoms with van der Waals surface area (Å²) in [4.78, 5) is 0. The SMILES string of the molecule is CC(C)S[C]1CCC1. The summed E-state index contributed by atoms with van der Waals surface area (Å²) in [5.74, 6) is 0. The molecule has 0 aromatic rings. The third kappa shape index (κ3) is 1.70. The third-order valence-corrected chi connectivity index (χ3v) is 2.53. The lowest BCUT2D eigenvalue weighted by atomic mass is 10.00. The molecule has 0 nitrogen and oxygen atoms in total. The maximum absolute atomic E-state index is 2.26. The van der Waals surface area contributed by atoms with Crippen molar-refractivity contribution in [3.05, 3.63) is 5.25 Å². The van der Waals surface area contributed by atoms with Crippen LogP contribution in [0.4, 0.5) is 0 Å². The summed E-state index contributed by atoms with van der Waals surface area (Å²) in [5, 5.41) is 2.53. The molecule has 8 heavy (non-hydrogen) atoms. The van der Waals surface area contributed by atoms with Gasteiger partial charge in [0, 0.05) is 5.25 Å². The Morgan fingerprint density at radius 3 is 2.12 bits per heavy atom. The topological polar surface area (TPSA) is 0 Å². The van der Waals surface area contributed by atoms with E-state index >= 15 is 0 Å². The zero-order valence-corrected chi connectivity index (χ0v) is 6.42. The number of rotatable bonds is 2. The van der Waals surface area contributed by atoms with E-state index in [4.69, 9.17) is 0 Å². The Bertz CT molecular complexity index is 64.8. The first-order valence-corrected chi connectivity index (χ1v) is 4.18. The summed E-state index contributed by atoms with van der Waals surface area (Å²) in [6.45, 7) is 4.52. The summed E-state index contributed by atoms with van der Waals surface area (Å²) in [7, 11) is 0. The predicted octanol–water partition coefficient (Wildman–Crippen LogP) is 2.84. The van der Waals surface area contributed by atoms with Gasteiger partial charge in [-0.1, -0.05) is 20.3 Å². The molecule has 0 atom stereocenters. The molecule has 0 aliphatic heterocycles. The molecule has 1 rings (SSSR count). The van der Waals surface area contributed by atoms with E-state index in [1.807, 2.05) is 0 Å². The molecule has 1 aliphatic carbocycles. The Kier molecular flexibility index (Phi) is 2.24. The van der Waals surface area contributed by atoms with E-state index in [-0.39, 0.29) is 0 Å². The standard InChI is InChI=1S/C7H13S/c1-6(2)8-7-4-3-5-7/h6H,3-5H2,1-2H3. The van der Waals surface area contributed by atoms with Crippen LogP contribution in [0.25, 0.3) is 0 Å². The van der Waals surface area contributed by atoms with Gasteiger partial charge >= 0.3 is 0 Å². The molecule has 47 valence electrons. The van der Waals surface area contributed by atoms with Gasteiger partial charge in [-0.2, -0.15) is 11.8 Å². The molecule has 1 saturated carbocycles. The highest BCUT2D eigenvalue weighted by Crippen LogP contribution is 2.40. The molecule has 0 N–H and O–H groups in total. The Labute approximate surface area is 56.0 Å². The van der Waals surface area contributed by atoms with Crippen molar-refractivity contribution in [1.29, 1.82) is 0 Å². The Morgan fingerprint density at radius 1 is 1.38 bits per heavy atom. The number of thioether (sulfide) groups is 1. The van der Waals surface area contributed by atoms with Gasteiger partial charge in [0.25, 0.3) is 0 Å². The number of hydrogen-bond acceptors (Lipinski definition) is 1. The fourth-order valence-electron chi connectivity index (χ4n) is 0.772. The largest absolute Gasteiger partial charge is 0.151 e. The Balaban J connectivity index is 2.01. The van der Waals surface area contributed by atoms with Crippen LogP contribution in [0.1, 0.15) is 33.1 Å². The molecule has 0 unspecified atom stereocenters. The average molecular weight is 129 g/mol. The van der Waals surface area contributed by atoms with Crippen molar-refractivity contribution < 1.29 is 0 Å². The van der Waals surface area contributed by atoms with Gasteiger partial charge in [0.2, 0.25) is 0 Å². The molecule has 0 saturated heterocycles. The van der Waals surface area contributed by atoms with Gasteiger partial charge in [-0.25, -0.2) is 0 Å². The van der Waals surface area contributed by atoms with E-state index < -0.39 is 0 Å². The van der Waals surface area contributed by atoms with Crippen LogP contribution in [-0.2, 0) is 0 Å². The van der Waals surface area contributed by atoms with Gasteiger partial charge in [0.15, 0.2) is 0 Å². The van der Waals surface area contributed by atoms with E-state index in [2.05, 4.69) is 25.6 Å². The molecule has 0 bridgehead atoms. The van der Waals surface area contributed by atoms with Gasteiger partial charge in [0.05, 0.1) is 0 Å². The van der Waals surface area contributed by atoms with Gasteiger partial charge < -0.3 is 0 Å². The van der Waals surface area contributed by atoms with Gasteiger partial charge in [-0.3, -0.25) is 0 Å². The molecule has 1 radical (unpaired) electrons. The second kappa shape index (κ2) is 2.77. The smallest absolute Gasteiger partial charge is 0.0309 e. The summed E-state index contributed by atoms with van der Waals surface area (Å²) in [6, 6.07) is 0. The molecule has 0 heterocycles. The first-order chi connectivity index (χ1) is 3.79. The summed E-state index contributed by atoms with van der Waals surface area (Å²) in [6.07, 6.45) is 4.22. The molecule has 0 aromatic carbocycles. The zero-order chi connectivity index (χ0) is 5.98. The van der Waals surface area contributed by atoms with Crippen LogP contribution in [0.3, 0.4) is 0 Å². The zero-order valence-electron chi connectivity index (χ0n) is 5.61. The highest BCUT2D eigenvalue weighted by molar-refractivity contribution is 8.02. The van der Waals surface area contributed by atoms with Crippen molar-refractivity contribution in [2.24, 2.45) is 0 Å². The van der Waals surface area contributed by atoms with Crippen molar-refractivity contribution in [2.75, 3.05) is 0 Å². The van der Waals surface area contributed by atoms with Gasteiger partial charge in [0.1, 0.15) is 0 Å². The molecule has 0 spiro atoms. The normalized spacial score (nSPS) is 21.4. The fraction of sp³-hybridized carbons (Fsp3) is 0.857. The first kappa shape index (κ1) is 6.47. The minimum Gasteiger partial charge on any atom is -0.151 e. The van der Waals surface area contributed by atoms with Crippen LogP contribution < -0.4 is 0 Å². The molecule has 1 fully saturated rings. The lowest BCUT2D eigenvalue weighted by molar-refractivity contribution is 0.625. The van der Waals surface area contributed by atoms with Gasteiger partial charge in [-0.15, -0.1) is 0 Å². The lowest BCUT2D eigenvalue weighted by Gasteiger charge is -2.25. The summed E-state index contributed by atoms with van der Waals surface area (Å²) >= 11 is 2.06. The second-order valence-electron chi connectivity index (χ2n) is 2.56. The Hall–Kier alpha value is 0.350. The van der Waals surface area contributed by atoms with Crippen molar-refractivity contribution in [2.45, 2.75) is 38.4 Å². The highest BCUT2D eigenvalue weighted by Gasteiger charge is 2.19. The average Bonchev–Trinajstić information content (AvgIpc) is 1.55. The first-order valence-electron chi connectivity index (χ1n) is 3.30. The molecule has 0 amide bonds. The number of hydrogen-bond donors (Lipinski definition) is 0. The molecule has 1 aliphatic rings. The maximum Gasteiger partial charge on any atom is 0.0309 e. The van der Waals surface area contributed by atoms with Crippen molar-refractivity contribution >= 4 is 11.8 Å². The third-order valence-electron chi connectivity index (χ3n) is 1.31. The molecule has 0 aromatic heterocycles. The van der Waals surface area contributed by atoms with E-state index in [1.54, 1.807) is 5.25 Å². The van der Waals surface area contributed by atoms with Gasteiger partial charge in [-0.05, 0) is 18.1 Å². The van der Waals surface area contributed by atoms with Crippen molar-refractivity contribution in [3.63, 3.8) is 0 Å². The monoisotopic (exact) mass is 129 g/mol. The quantitative estimate of drug-likeness (QED) is 0.552. The molecular weight excluding hydrogens is 116 g/mol. The van der Waals surface area contributed by atoms with Crippen LogP contribution in [0.15, 0.2) is 0 Å². The highest BCUT2D eigenvalue weighted by atomic mass is 32.2. The van der Waals surface area contributed by atoms with Crippen LogP contribution in [-0.4, -0.2) is 5.25 Å².